The molecule has 5 nitrogen and oxygen atoms in total. The number of rotatable bonds is 4. The molecule has 14 heavy (non-hydrogen) atoms. The molecule has 0 aliphatic carbocycles. The van der Waals surface area contributed by atoms with E-state index in [1.165, 1.54) is 18.2 Å². The molecule has 0 saturated heterocycles. The van der Waals surface area contributed by atoms with E-state index in [9.17, 15) is 4.79 Å². The van der Waals surface area contributed by atoms with Gasteiger partial charge in [-0.1, -0.05) is 18.7 Å². The Kier molecular flexibility index (Phi) is 3.60. The third-order valence-corrected chi connectivity index (χ3v) is 1.42. The lowest BCUT2D eigenvalue weighted by molar-refractivity contribution is -0.142. The largest absolute Gasteiger partial charge is 0.709 e. The van der Waals surface area contributed by atoms with Crippen LogP contribution in [0.15, 0.2) is 41.8 Å². The number of nitrogens with zero attached hydrogens (tertiary/aromatic N) is 2. The molecule has 74 valence electrons. The van der Waals surface area contributed by atoms with Gasteiger partial charge in [0.15, 0.2) is 6.23 Å². The lowest BCUT2D eigenvalue weighted by atomic mass is 10.3. The van der Waals surface area contributed by atoms with Crippen LogP contribution in [0.3, 0.4) is 0 Å². The zero-order chi connectivity index (χ0) is 10.4. The first-order valence-corrected chi connectivity index (χ1v) is 3.95. The van der Waals surface area contributed by atoms with Gasteiger partial charge in [0.1, 0.15) is 6.61 Å². The molecule has 0 aromatic heterocycles. The number of ether oxygens (including phenoxy) is 2. The molecular formula is C9H9N2O3-. The number of hydrogen-bond acceptors (Lipinski definition) is 4. The lowest BCUT2D eigenvalue weighted by Gasteiger charge is -2.17. The van der Waals surface area contributed by atoms with Crippen molar-refractivity contribution in [1.29, 1.82) is 0 Å². The SMILES string of the molecule is C=CCOC(=O)C1=CC=CC(N=[N-])O1. The van der Waals surface area contributed by atoms with E-state index >= 15 is 0 Å². The Bertz CT molecular complexity index is 307. The van der Waals surface area contributed by atoms with Gasteiger partial charge in [0, 0.05) is 0 Å². The van der Waals surface area contributed by atoms with Crippen molar-refractivity contribution in [3.8, 4) is 0 Å². The van der Waals surface area contributed by atoms with Crippen LogP contribution in [-0.4, -0.2) is 18.8 Å². The fourth-order valence-electron chi connectivity index (χ4n) is 0.831. The molecule has 1 unspecified atom stereocenters. The van der Waals surface area contributed by atoms with Crippen LogP contribution in [0.5, 0.6) is 0 Å². The third kappa shape index (κ3) is 2.55. The minimum atomic E-state index is -0.841. The Morgan fingerprint density at radius 1 is 1.86 bits per heavy atom. The van der Waals surface area contributed by atoms with Crippen LogP contribution in [-0.2, 0) is 14.3 Å². The van der Waals surface area contributed by atoms with Crippen LogP contribution >= 0.6 is 0 Å². The minimum Gasteiger partial charge on any atom is -0.709 e. The summed E-state index contributed by atoms with van der Waals surface area (Å²) in [6.45, 7) is 3.51. The van der Waals surface area contributed by atoms with E-state index in [0.29, 0.717) is 0 Å². The van der Waals surface area contributed by atoms with E-state index in [1.807, 2.05) is 0 Å². The standard InChI is InChI=1S/C9H9N2O3/c1-2-6-13-9(12)7-4-3-5-8(11-10)14-7/h2-5,8H,1,6H2/q-1. The maximum Gasteiger partial charge on any atom is 0.374 e. The Labute approximate surface area is 81.2 Å². The molecule has 0 fully saturated rings. The summed E-state index contributed by atoms with van der Waals surface area (Å²) in [5.74, 6) is -0.597. The zero-order valence-electron chi connectivity index (χ0n) is 7.42. The van der Waals surface area contributed by atoms with E-state index in [4.69, 9.17) is 15.0 Å². The summed E-state index contributed by atoms with van der Waals surface area (Å²) in [6.07, 6.45) is 5.09. The van der Waals surface area contributed by atoms with Gasteiger partial charge in [-0.25, -0.2) is 4.79 Å². The van der Waals surface area contributed by atoms with Crippen molar-refractivity contribution in [3.63, 3.8) is 0 Å². The summed E-state index contributed by atoms with van der Waals surface area (Å²) >= 11 is 0. The average Bonchev–Trinajstić information content (AvgIpc) is 2.26. The van der Waals surface area contributed by atoms with Gasteiger partial charge >= 0.3 is 5.97 Å². The fourth-order valence-corrected chi connectivity index (χ4v) is 0.831. The van der Waals surface area contributed by atoms with Gasteiger partial charge in [0.2, 0.25) is 5.76 Å². The van der Waals surface area contributed by atoms with Crippen LogP contribution in [0, 0.1) is 0 Å². The second-order valence-electron chi connectivity index (χ2n) is 2.43. The molecule has 1 rings (SSSR count). The molecule has 0 N–H and O–H groups in total. The maximum atomic E-state index is 11.2. The molecule has 1 aliphatic rings. The topological polar surface area (TPSA) is 70.2 Å². The number of carbonyl (C=O) groups excluding carboxylic acids is 1. The first-order chi connectivity index (χ1) is 6.77. The molecule has 0 bridgehead atoms. The van der Waals surface area contributed by atoms with Gasteiger partial charge in [-0.15, -0.1) is 0 Å². The average molecular weight is 193 g/mol. The molecule has 1 aliphatic heterocycles. The Balaban J connectivity index is 2.56. The second-order valence-corrected chi connectivity index (χ2v) is 2.43. The van der Waals surface area contributed by atoms with Crippen molar-refractivity contribution < 1.29 is 14.3 Å². The van der Waals surface area contributed by atoms with Crippen molar-refractivity contribution in [2.45, 2.75) is 6.23 Å². The Morgan fingerprint density at radius 2 is 2.64 bits per heavy atom. The van der Waals surface area contributed by atoms with Gasteiger partial charge in [0.05, 0.1) is 0 Å². The highest BCUT2D eigenvalue weighted by molar-refractivity contribution is 5.86. The summed E-state index contributed by atoms with van der Waals surface area (Å²) in [7, 11) is 0. The van der Waals surface area contributed by atoms with E-state index in [-0.39, 0.29) is 12.4 Å². The summed E-state index contributed by atoms with van der Waals surface area (Å²) < 4.78 is 9.66. The van der Waals surface area contributed by atoms with Gasteiger partial charge in [0.25, 0.3) is 0 Å². The molecule has 1 heterocycles. The summed E-state index contributed by atoms with van der Waals surface area (Å²) in [5.41, 5.74) is 8.42. The summed E-state index contributed by atoms with van der Waals surface area (Å²) in [4.78, 5) is 11.2. The quantitative estimate of drug-likeness (QED) is 0.386. The number of carbonyl (C=O) groups is 1. The Hall–Kier alpha value is -1.91. The monoisotopic (exact) mass is 193 g/mol. The highest BCUT2D eigenvalue weighted by Crippen LogP contribution is 2.12. The molecule has 0 spiro atoms. The molecule has 0 aromatic carbocycles. The fraction of sp³-hybridized carbons (Fsp3) is 0.222. The van der Waals surface area contributed by atoms with Crippen molar-refractivity contribution >= 4 is 5.97 Å². The maximum absolute atomic E-state index is 11.2. The van der Waals surface area contributed by atoms with Crippen molar-refractivity contribution in [3.05, 3.63) is 42.2 Å². The van der Waals surface area contributed by atoms with E-state index in [2.05, 4.69) is 11.7 Å². The molecule has 0 aromatic rings. The molecule has 5 heteroatoms. The lowest BCUT2D eigenvalue weighted by Crippen LogP contribution is -2.17. The number of hydrogen-bond donors (Lipinski definition) is 0. The molecule has 0 radical (unpaired) electrons. The molecule has 1 atom stereocenters. The van der Waals surface area contributed by atoms with Crippen molar-refractivity contribution in [2.75, 3.05) is 6.61 Å². The van der Waals surface area contributed by atoms with E-state index < -0.39 is 12.2 Å². The minimum absolute atomic E-state index is 0.0113. The second kappa shape index (κ2) is 4.96. The highest BCUT2D eigenvalue weighted by atomic mass is 16.6. The van der Waals surface area contributed by atoms with Gasteiger partial charge in [-0.2, -0.15) is 0 Å². The van der Waals surface area contributed by atoms with Gasteiger partial charge < -0.3 is 20.1 Å². The van der Waals surface area contributed by atoms with Crippen molar-refractivity contribution in [2.24, 2.45) is 5.11 Å². The van der Waals surface area contributed by atoms with Gasteiger partial charge in [-0.3, -0.25) is 0 Å². The number of esters is 1. The van der Waals surface area contributed by atoms with Crippen LogP contribution in [0.4, 0.5) is 0 Å². The van der Waals surface area contributed by atoms with Crippen LogP contribution in [0.25, 0.3) is 5.53 Å². The Morgan fingerprint density at radius 3 is 3.29 bits per heavy atom. The molecule has 0 saturated carbocycles. The van der Waals surface area contributed by atoms with Crippen LogP contribution < -0.4 is 0 Å². The van der Waals surface area contributed by atoms with Gasteiger partial charge in [-0.05, 0) is 12.2 Å². The third-order valence-electron chi connectivity index (χ3n) is 1.42. The predicted molar refractivity (Wildman–Crippen MR) is 49.0 cm³/mol. The predicted octanol–water partition coefficient (Wildman–Crippen LogP) is 1.53. The molecular weight excluding hydrogens is 184 g/mol. The smallest absolute Gasteiger partial charge is 0.374 e. The zero-order valence-corrected chi connectivity index (χ0v) is 7.42. The first-order valence-electron chi connectivity index (χ1n) is 3.95. The number of allylic oxidation sites excluding steroid dienone is 2. The molecule has 0 amide bonds. The summed E-state index contributed by atoms with van der Waals surface area (Å²) in [6, 6.07) is 0. The van der Waals surface area contributed by atoms with E-state index in [0.717, 1.165) is 0 Å². The van der Waals surface area contributed by atoms with Crippen molar-refractivity contribution in [1.82, 2.24) is 0 Å². The normalized spacial score (nSPS) is 19.1. The highest BCUT2D eigenvalue weighted by Gasteiger charge is 2.16. The van der Waals surface area contributed by atoms with E-state index in [1.54, 1.807) is 6.08 Å². The van der Waals surface area contributed by atoms with Crippen LogP contribution in [0.2, 0.25) is 0 Å². The first kappa shape index (κ1) is 10.2. The summed E-state index contributed by atoms with van der Waals surface area (Å²) in [5, 5.41) is 2.88. The van der Waals surface area contributed by atoms with Crippen LogP contribution in [0.1, 0.15) is 0 Å².